The topological polar surface area (TPSA) is 90.9 Å². The number of amidine groups is 1. The Balaban J connectivity index is 1.23. The number of carbonyl (C=O) groups excluding carboxylic acids is 1. The van der Waals surface area contributed by atoms with Crippen molar-refractivity contribution in [3.8, 4) is 0 Å². The lowest BCUT2D eigenvalue weighted by Gasteiger charge is -2.14. The Morgan fingerprint density at radius 1 is 1.18 bits per heavy atom. The minimum atomic E-state index is -2.93. The molecule has 9 heteroatoms. The van der Waals surface area contributed by atoms with Crippen LogP contribution in [0, 0.1) is 0 Å². The highest BCUT2D eigenvalue weighted by Crippen LogP contribution is 2.34. The number of fused-ring (bicyclic) bond motifs is 1. The van der Waals surface area contributed by atoms with Crippen molar-refractivity contribution in [3.63, 3.8) is 0 Å². The summed E-state index contributed by atoms with van der Waals surface area (Å²) in [5.74, 6) is 0.293. The minimum Gasteiger partial charge on any atom is -0.352 e. The van der Waals surface area contributed by atoms with Gasteiger partial charge in [0.25, 0.3) is 5.91 Å². The summed E-state index contributed by atoms with van der Waals surface area (Å²) >= 11 is 1.49. The fourth-order valence-electron chi connectivity index (χ4n) is 3.86. The lowest BCUT2D eigenvalue weighted by molar-refractivity contribution is 0.0952. The molecule has 0 radical (unpaired) electrons. The first-order valence-electron chi connectivity index (χ1n) is 9.81. The molecular weight excluding hydrogens is 396 g/mol. The molecule has 2 saturated heterocycles. The van der Waals surface area contributed by atoms with E-state index in [1.807, 2.05) is 12.1 Å². The van der Waals surface area contributed by atoms with Crippen LogP contribution in [-0.2, 0) is 9.84 Å². The van der Waals surface area contributed by atoms with Crippen LogP contribution in [0.1, 0.15) is 29.6 Å². The van der Waals surface area contributed by atoms with Crippen molar-refractivity contribution in [1.82, 2.24) is 10.2 Å². The van der Waals surface area contributed by atoms with Crippen molar-refractivity contribution in [2.75, 3.05) is 43.0 Å². The van der Waals surface area contributed by atoms with Crippen LogP contribution in [0.3, 0.4) is 0 Å². The Bertz CT molecular complexity index is 848. The molecule has 28 heavy (non-hydrogen) atoms. The third-order valence-electron chi connectivity index (χ3n) is 5.35. The third kappa shape index (κ3) is 4.87. The molecule has 3 heterocycles. The van der Waals surface area contributed by atoms with Gasteiger partial charge in [-0.2, -0.15) is 0 Å². The summed E-state index contributed by atoms with van der Waals surface area (Å²) in [6.45, 7) is 4.10. The van der Waals surface area contributed by atoms with Crippen LogP contribution >= 0.6 is 11.8 Å². The maximum absolute atomic E-state index is 12.3. The van der Waals surface area contributed by atoms with Crippen molar-refractivity contribution >= 4 is 38.4 Å². The number of hydrogen-bond donors (Lipinski definition) is 2. The zero-order valence-corrected chi connectivity index (χ0v) is 17.4. The molecule has 3 aliphatic heterocycles. The molecule has 4 rings (SSSR count). The average Bonchev–Trinajstić information content (AvgIpc) is 3.34. The first-order valence-corrected chi connectivity index (χ1v) is 12.5. The van der Waals surface area contributed by atoms with Crippen molar-refractivity contribution < 1.29 is 13.2 Å². The fourth-order valence-corrected chi connectivity index (χ4v) is 7.53. The predicted octanol–water partition coefficient (Wildman–Crippen LogP) is 1.58. The Morgan fingerprint density at radius 2 is 1.93 bits per heavy atom. The molecule has 0 aliphatic carbocycles. The van der Waals surface area contributed by atoms with E-state index in [1.165, 1.54) is 37.7 Å². The van der Waals surface area contributed by atoms with Gasteiger partial charge < -0.3 is 15.5 Å². The van der Waals surface area contributed by atoms with Crippen LogP contribution in [0.2, 0.25) is 0 Å². The molecule has 3 aliphatic rings. The van der Waals surface area contributed by atoms with Gasteiger partial charge in [0.15, 0.2) is 15.0 Å². The lowest BCUT2D eigenvalue weighted by atomic mass is 10.2. The molecule has 2 atom stereocenters. The molecule has 0 saturated carbocycles. The quantitative estimate of drug-likeness (QED) is 0.677. The molecule has 1 aromatic rings. The number of anilines is 1. The standard InChI is InChI=1S/C19H26N4O3S2/c24-18(20-8-3-11-23-9-1-2-10-23)14-4-6-15(7-5-14)21-19-22-16-12-28(25,26)13-17(16)27-19/h4-7,16-17H,1-3,8-13H2,(H,20,24)(H,21,22)/t16-,17+/m0/s1. The van der Waals surface area contributed by atoms with E-state index in [-0.39, 0.29) is 28.7 Å². The maximum Gasteiger partial charge on any atom is 0.251 e. The van der Waals surface area contributed by atoms with Crippen LogP contribution in [0.4, 0.5) is 5.69 Å². The number of benzene rings is 1. The van der Waals surface area contributed by atoms with Crippen molar-refractivity contribution in [1.29, 1.82) is 0 Å². The number of rotatable bonds is 6. The molecule has 2 fully saturated rings. The molecule has 1 amide bonds. The second kappa shape index (κ2) is 8.42. The molecule has 1 aromatic carbocycles. The van der Waals surface area contributed by atoms with E-state index in [4.69, 9.17) is 0 Å². The summed E-state index contributed by atoms with van der Waals surface area (Å²) in [5, 5.41) is 6.99. The third-order valence-corrected chi connectivity index (χ3v) is 8.49. The van der Waals surface area contributed by atoms with Crippen LogP contribution < -0.4 is 10.6 Å². The van der Waals surface area contributed by atoms with E-state index in [2.05, 4.69) is 20.5 Å². The van der Waals surface area contributed by atoms with E-state index in [9.17, 15) is 13.2 Å². The summed E-state index contributed by atoms with van der Waals surface area (Å²) in [7, 11) is -2.93. The van der Waals surface area contributed by atoms with Crippen molar-refractivity contribution in [3.05, 3.63) is 29.8 Å². The number of nitrogens with one attached hydrogen (secondary N) is 2. The molecular formula is C19H26N4O3S2. The van der Waals surface area contributed by atoms with Gasteiger partial charge in [0, 0.05) is 23.0 Å². The smallest absolute Gasteiger partial charge is 0.251 e. The molecule has 0 spiro atoms. The molecule has 152 valence electrons. The van der Waals surface area contributed by atoms with Gasteiger partial charge >= 0.3 is 0 Å². The van der Waals surface area contributed by atoms with E-state index < -0.39 is 9.84 Å². The second-order valence-corrected chi connectivity index (χ2v) is 11.0. The maximum atomic E-state index is 12.3. The Morgan fingerprint density at radius 3 is 2.64 bits per heavy atom. The van der Waals surface area contributed by atoms with Crippen LogP contribution in [0.15, 0.2) is 29.3 Å². The highest BCUT2D eigenvalue weighted by Gasteiger charge is 2.42. The fraction of sp³-hybridized carbons (Fsp3) is 0.579. The molecule has 0 bridgehead atoms. The Kier molecular flexibility index (Phi) is 5.93. The molecule has 0 aromatic heterocycles. The summed E-state index contributed by atoms with van der Waals surface area (Å²) in [5.41, 5.74) is 1.48. The van der Waals surface area contributed by atoms with Gasteiger partial charge in [-0.3, -0.25) is 9.79 Å². The number of amides is 1. The Hall–Kier alpha value is -1.58. The zero-order valence-electron chi connectivity index (χ0n) is 15.8. The van der Waals surface area contributed by atoms with Crippen LogP contribution in [-0.4, -0.2) is 73.4 Å². The second-order valence-electron chi connectivity index (χ2n) is 7.60. The highest BCUT2D eigenvalue weighted by molar-refractivity contribution is 8.15. The van der Waals surface area contributed by atoms with Gasteiger partial charge in [0.2, 0.25) is 0 Å². The summed E-state index contributed by atoms with van der Waals surface area (Å²) in [4.78, 5) is 19.2. The van der Waals surface area contributed by atoms with E-state index in [1.54, 1.807) is 12.1 Å². The first kappa shape index (κ1) is 19.7. The molecule has 0 unspecified atom stereocenters. The van der Waals surface area contributed by atoms with Crippen LogP contribution in [0.25, 0.3) is 0 Å². The zero-order chi connectivity index (χ0) is 19.6. The van der Waals surface area contributed by atoms with E-state index in [0.717, 1.165) is 23.8 Å². The normalized spacial score (nSPS) is 26.1. The van der Waals surface area contributed by atoms with Gasteiger partial charge in [0.05, 0.1) is 17.5 Å². The van der Waals surface area contributed by atoms with Gasteiger partial charge in [0.1, 0.15) is 0 Å². The van der Waals surface area contributed by atoms with E-state index >= 15 is 0 Å². The highest BCUT2D eigenvalue weighted by atomic mass is 32.2. The van der Waals surface area contributed by atoms with Gasteiger partial charge in [-0.25, -0.2) is 8.42 Å². The first-order chi connectivity index (χ1) is 13.5. The largest absolute Gasteiger partial charge is 0.352 e. The number of carbonyl (C=O) groups is 1. The van der Waals surface area contributed by atoms with Crippen LogP contribution in [0.5, 0.6) is 0 Å². The molecule has 2 N–H and O–H groups in total. The SMILES string of the molecule is O=C(NCCCN1CCCC1)c1ccc(NC2=N[C@H]3CS(=O)(=O)C[C@H]3S2)cc1. The summed E-state index contributed by atoms with van der Waals surface area (Å²) in [6, 6.07) is 7.16. The summed E-state index contributed by atoms with van der Waals surface area (Å²) < 4.78 is 23.3. The molecule has 7 nitrogen and oxygen atoms in total. The number of hydrogen-bond acceptors (Lipinski definition) is 7. The van der Waals surface area contributed by atoms with Gasteiger partial charge in [-0.1, -0.05) is 11.8 Å². The summed E-state index contributed by atoms with van der Waals surface area (Å²) in [6.07, 6.45) is 3.55. The number of aliphatic imine (C=N–C) groups is 1. The number of sulfone groups is 1. The lowest BCUT2D eigenvalue weighted by Crippen LogP contribution is -2.28. The van der Waals surface area contributed by atoms with E-state index in [0.29, 0.717) is 12.1 Å². The van der Waals surface area contributed by atoms with Gasteiger partial charge in [-0.05, 0) is 63.2 Å². The minimum absolute atomic E-state index is 0.0260. The Labute approximate surface area is 170 Å². The van der Waals surface area contributed by atoms with Crippen molar-refractivity contribution in [2.24, 2.45) is 4.99 Å². The average molecular weight is 423 g/mol. The number of nitrogens with zero attached hydrogens (tertiary/aromatic N) is 2. The predicted molar refractivity (Wildman–Crippen MR) is 114 cm³/mol. The van der Waals surface area contributed by atoms with Gasteiger partial charge in [-0.15, -0.1) is 0 Å². The number of thioether (sulfide) groups is 1. The number of likely N-dealkylation sites (tertiary alicyclic amines) is 1. The van der Waals surface area contributed by atoms with Crippen molar-refractivity contribution in [2.45, 2.75) is 30.6 Å². The monoisotopic (exact) mass is 422 g/mol.